The molecule has 1 aliphatic rings. The highest BCUT2D eigenvalue weighted by Crippen LogP contribution is 2.36. The van der Waals surface area contributed by atoms with Crippen molar-refractivity contribution in [3.63, 3.8) is 0 Å². The number of rotatable bonds is 15. The van der Waals surface area contributed by atoms with Crippen LogP contribution in [0.5, 0.6) is 0 Å². The molecule has 29 heteroatoms. The molecular formula is C69H60F9N15O4S. The first kappa shape index (κ1) is 68.4. The number of anilines is 3. The largest absolute Gasteiger partial charge is 0.364 e. The molecule has 504 valence electrons. The molecule has 0 radical (unpaired) electrons. The van der Waals surface area contributed by atoms with Crippen LogP contribution < -0.4 is 32.6 Å². The Kier molecular flexibility index (Phi) is 20.1. The zero-order valence-corrected chi connectivity index (χ0v) is 54.1. The number of halogens is 9. The van der Waals surface area contributed by atoms with E-state index in [9.17, 15) is 53.9 Å². The van der Waals surface area contributed by atoms with Crippen LogP contribution in [0.3, 0.4) is 0 Å². The van der Waals surface area contributed by atoms with E-state index in [1.807, 2.05) is 0 Å². The van der Waals surface area contributed by atoms with E-state index in [1.165, 1.54) is 75.3 Å². The fourth-order valence-corrected chi connectivity index (χ4v) is 12.4. The van der Waals surface area contributed by atoms with E-state index < -0.39 is 71.5 Å². The average molecular weight is 1370 g/mol. The van der Waals surface area contributed by atoms with Gasteiger partial charge in [0.15, 0.2) is 0 Å². The topological polar surface area (TPSA) is 231 Å². The zero-order valence-electron chi connectivity index (χ0n) is 53.3. The maximum absolute atomic E-state index is 14.7. The van der Waals surface area contributed by atoms with Gasteiger partial charge in [0, 0.05) is 78.1 Å². The minimum absolute atomic E-state index is 0.0739. The molecule has 4 atom stereocenters. The van der Waals surface area contributed by atoms with E-state index in [-0.39, 0.29) is 43.9 Å². The molecule has 12 aromatic rings. The Morgan fingerprint density at radius 2 is 0.898 bits per heavy atom. The molecule has 0 spiro atoms. The highest BCUT2D eigenvalue weighted by molar-refractivity contribution is 8.14. The monoisotopic (exact) mass is 1370 g/mol. The zero-order chi connectivity index (χ0) is 70.0. The summed E-state index contributed by atoms with van der Waals surface area (Å²) in [6.45, 7) is 6.69. The molecule has 4 aromatic carbocycles. The first-order chi connectivity index (χ1) is 46.9. The van der Waals surface area contributed by atoms with Crippen LogP contribution in [-0.4, -0.2) is 76.1 Å². The third kappa shape index (κ3) is 13.9. The van der Waals surface area contributed by atoms with Crippen molar-refractivity contribution in [2.75, 3.05) is 27.5 Å². The summed E-state index contributed by atoms with van der Waals surface area (Å²) in [4.78, 5) is 72.7. The molecule has 0 aliphatic carbocycles. The van der Waals surface area contributed by atoms with Gasteiger partial charge in [0.05, 0.1) is 56.5 Å². The van der Waals surface area contributed by atoms with E-state index in [2.05, 4.69) is 72.9 Å². The SMILES string of the molecule is C=S1CC=C(c2cc3c(N[C@H](C)c4cccc(C(F)F)c4F)ncnc3n(C)c2=O)CC1.C[C@@H](Nc1ncnc2c1cc(-c1ccc3conc3c1)c(=O)n2C)c1cccc(C(F)F)c1F.Cc1ncc(-c2cc3c(N[C@H](C)c4cccc(C(F)F)c4F)ncnc3n(C)c2=O)cn1. The average Bonchev–Trinajstić information content (AvgIpc) is 0.805. The molecule has 0 amide bonds. The second-order valence-corrected chi connectivity index (χ2v) is 24.9. The van der Waals surface area contributed by atoms with Crippen molar-refractivity contribution in [1.82, 2.24) is 58.7 Å². The lowest BCUT2D eigenvalue weighted by atomic mass is 10.0. The summed E-state index contributed by atoms with van der Waals surface area (Å²) in [6.07, 6.45) is 2.57. The van der Waals surface area contributed by atoms with Crippen molar-refractivity contribution < 1.29 is 44.0 Å². The van der Waals surface area contributed by atoms with Crippen LogP contribution in [0.1, 0.15) is 109 Å². The normalized spacial score (nSPS) is 14.1. The van der Waals surface area contributed by atoms with Gasteiger partial charge < -0.3 is 20.5 Å². The Morgan fingerprint density at radius 3 is 1.30 bits per heavy atom. The first-order valence-electron chi connectivity index (χ1n) is 30.2. The van der Waals surface area contributed by atoms with E-state index in [1.54, 1.807) is 97.6 Å². The predicted molar refractivity (Wildman–Crippen MR) is 360 cm³/mol. The van der Waals surface area contributed by atoms with Crippen LogP contribution in [0.2, 0.25) is 0 Å². The number of benzene rings is 4. The number of hydrogen-bond donors (Lipinski definition) is 3. The lowest BCUT2D eigenvalue weighted by molar-refractivity contribution is 0.145. The quantitative estimate of drug-likeness (QED) is 0.0640. The third-order valence-corrected chi connectivity index (χ3v) is 18.1. The molecule has 13 rings (SSSR count). The highest BCUT2D eigenvalue weighted by Gasteiger charge is 2.26. The molecule has 9 heterocycles. The minimum atomic E-state index is -2.92. The Morgan fingerprint density at radius 1 is 0.510 bits per heavy atom. The number of pyridine rings is 3. The van der Waals surface area contributed by atoms with Crippen LogP contribution in [-0.2, 0) is 21.1 Å². The molecule has 98 heavy (non-hydrogen) atoms. The maximum Gasteiger partial charge on any atom is 0.266 e. The fourth-order valence-electron chi connectivity index (χ4n) is 11.3. The molecule has 0 saturated heterocycles. The van der Waals surface area contributed by atoms with E-state index in [4.69, 9.17) is 4.52 Å². The predicted octanol–water partition coefficient (Wildman–Crippen LogP) is 14.8. The molecule has 0 fully saturated rings. The van der Waals surface area contributed by atoms with Crippen LogP contribution in [0.15, 0.2) is 154 Å². The van der Waals surface area contributed by atoms with Crippen molar-refractivity contribution >= 4 is 83.4 Å². The lowest BCUT2D eigenvalue weighted by Crippen LogP contribution is -2.23. The summed E-state index contributed by atoms with van der Waals surface area (Å²) in [5.74, 6) is 4.63. The summed E-state index contributed by atoms with van der Waals surface area (Å²) in [5.41, 5.74) is 2.77. The van der Waals surface area contributed by atoms with Crippen LogP contribution in [0.4, 0.5) is 57.0 Å². The lowest BCUT2D eigenvalue weighted by Gasteiger charge is -2.20. The molecular weight excluding hydrogens is 1310 g/mol. The summed E-state index contributed by atoms with van der Waals surface area (Å²) in [7, 11) is 4.89. The second-order valence-electron chi connectivity index (χ2n) is 23.0. The molecule has 1 unspecified atom stereocenters. The summed E-state index contributed by atoms with van der Waals surface area (Å²) < 4.78 is 132. The second kappa shape index (κ2) is 28.8. The summed E-state index contributed by atoms with van der Waals surface area (Å²) in [6, 6.07) is 20.1. The number of hydrogen-bond acceptors (Lipinski definition) is 16. The van der Waals surface area contributed by atoms with Gasteiger partial charge in [-0.05, 0) is 81.3 Å². The number of aryl methyl sites for hydroxylation is 4. The minimum Gasteiger partial charge on any atom is -0.364 e. The van der Waals surface area contributed by atoms with Gasteiger partial charge in [-0.15, -0.1) is 0 Å². The number of nitrogens with one attached hydrogen (secondary N) is 3. The number of nitrogens with zero attached hydrogens (tertiary/aromatic N) is 12. The van der Waals surface area contributed by atoms with Gasteiger partial charge in [0.25, 0.3) is 36.0 Å². The Bertz CT molecular complexity index is 5280. The van der Waals surface area contributed by atoms with E-state index >= 15 is 0 Å². The van der Waals surface area contributed by atoms with Crippen molar-refractivity contribution in [2.45, 2.75) is 71.5 Å². The van der Waals surface area contributed by atoms with Gasteiger partial charge in [-0.3, -0.25) is 28.1 Å². The summed E-state index contributed by atoms with van der Waals surface area (Å²) >= 11 is 0. The van der Waals surface area contributed by atoms with Crippen LogP contribution >= 0.6 is 10.5 Å². The molecule has 1 aliphatic heterocycles. The van der Waals surface area contributed by atoms with Crippen molar-refractivity contribution in [1.29, 1.82) is 0 Å². The third-order valence-electron chi connectivity index (χ3n) is 16.7. The van der Waals surface area contributed by atoms with E-state index in [0.29, 0.717) is 89.7 Å². The van der Waals surface area contributed by atoms with Crippen molar-refractivity contribution in [3.8, 4) is 22.3 Å². The smallest absolute Gasteiger partial charge is 0.266 e. The molecule has 0 bridgehead atoms. The van der Waals surface area contributed by atoms with Crippen molar-refractivity contribution in [3.05, 3.63) is 228 Å². The fraction of sp³-hybridized carbons (Fsp3) is 0.232. The van der Waals surface area contributed by atoms with Crippen molar-refractivity contribution in [2.24, 2.45) is 21.1 Å². The van der Waals surface area contributed by atoms with Gasteiger partial charge in [-0.25, -0.2) is 79.4 Å². The molecule has 19 nitrogen and oxygen atoms in total. The Labute approximate surface area is 554 Å². The van der Waals surface area contributed by atoms with Gasteiger partial charge in [0.2, 0.25) is 0 Å². The highest BCUT2D eigenvalue weighted by atomic mass is 32.2. The summed E-state index contributed by atoms with van der Waals surface area (Å²) in [5, 5.41) is 15.6. The standard InChI is InChI=1S/C24H18F3N5O2.C23H23F3N4OS.C22H19F3N6O/c1-12(15-4-3-5-16(20(15)25)21(26)27)30-22-18-9-17(24(33)32(2)23(18)29-11-28-22)13-6-7-14-10-34-31-19(14)8-13;1-13(15-5-4-6-16(19(15)24)20(25)26)29-21-18-11-17(14-7-9-32(3)10-8-14)23(31)30(2)22(18)28-12-27-21;1-11(14-5-4-6-15(18(14)23)19(24)25)30-20-17-7-16(13-8-26-12(2)27-9-13)22(32)31(3)21(17)29-10-28-20/h3-12,21H,1-2H3,(H,28,29,30);4-7,11-13,20H,3,8-10H2,1-2H3,(H,27,28,29);4-11,19H,1-3H3,(H,28,29,30)/t12-;13-,32?;11-/m111/s1. The molecule has 3 N–H and O–H groups in total. The Balaban J connectivity index is 0.000000149. The van der Waals surface area contributed by atoms with Gasteiger partial charge in [-0.1, -0.05) is 77.8 Å². The van der Waals surface area contributed by atoms with Gasteiger partial charge in [-0.2, -0.15) is 10.5 Å². The van der Waals surface area contributed by atoms with Crippen LogP contribution in [0.25, 0.3) is 71.8 Å². The number of allylic oxidation sites excluding steroid dienone is 1. The number of alkyl halides is 6. The number of aromatic nitrogens is 12. The first-order valence-corrected chi connectivity index (χ1v) is 32.0. The van der Waals surface area contributed by atoms with Gasteiger partial charge in [0.1, 0.15) is 88.4 Å². The maximum atomic E-state index is 14.7. The van der Waals surface area contributed by atoms with Gasteiger partial charge >= 0.3 is 0 Å². The Hall–Kier alpha value is -11.0. The van der Waals surface area contributed by atoms with Crippen LogP contribution in [0, 0.1) is 24.4 Å². The van der Waals surface area contributed by atoms with E-state index in [0.717, 1.165) is 47.1 Å². The molecule has 8 aromatic heterocycles. The molecule has 0 saturated carbocycles. The number of fused-ring (bicyclic) bond motifs is 4.